The van der Waals surface area contributed by atoms with Crippen molar-refractivity contribution in [2.24, 2.45) is 0 Å². The molecule has 0 saturated heterocycles. The number of cyclic esters (lactones) is 1. The minimum absolute atomic E-state index is 0.110. The van der Waals surface area contributed by atoms with Gasteiger partial charge < -0.3 is 28.4 Å². The molecule has 0 amide bonds. The number of esters is 3. The van der Waals surface area contributed by atoms with E-state index in [0.717, 1.165) is 38.5 Å². The molecule has 4 rings (SSSR count). The third kappa shape index (κ3) is 7.15. The highest BCUT2D eigenvalue weighted by Gasteiger charge is 2.65. The Balaban J connectivity index is 1.45. The lowest BCUT2D eigenvalue weighted by Crippen LogP contribution is -2.52. The molecular formula is C35H34F6O9. The highest BCUT2D eigenvalue weighted by molar-refractivity contribution is 5.97. The minimum Gasteiger partial charge on any atom is -0.492 e. The lowest BCUT2D eigenvalue weighted by atomic mass is 9.92. The van der Waals surface area contributed by atoms with Crippen molar-refractivity contribution in [3.8, 4) is 11.5 Å². The van der Waals surface area contributed by atoms with Gasteiger partial charge in [-0.15, -0.1) is 0 Å². The zero-order valence-corrected chi connectivity index (χ0v) is 27.4. The van der Waals surface area contributed by atoms with Crippen LogP contribution in [0, 0.1) is 0 Å². The van der Waals surface area contributed by atoms with Gasteiger partial charge in [0, 0.05) is 31.8 Å². The fourth-order valence-electron chi connectivity index (χ4n) is 5.84. The number of carbonyl (C=O) groups excluding carboxylic acids is 3. The van der Waals surface area contributed by atoms with Gasteiger partial charge in [-0.2, -0.15) is 26.3 Å². The Labute approximate surface area is 283 Å². The Morgan fingerprint density at radius 1 is 0.800 bits per heavy atom. The Hall–Kier alpha value is -4.63. The number of rotatable bonds is 13. The van der Waals surface area contributed by atoms with Crippen LogP contribution in [-0.4, -0.2) is 63.8 Å². The summed E-state index contributed by atoms with van der Waals surface area (Å²) in [7, 11) is 2.62. The van der Waals surface area contributed by atoms with Gasteiger partial charge in [0.1, 0.15) is 11.7 Å². The predicted molar refractivity (Wildman–Crippen MR) is 163 cm³/mol. The third-order valence-electron chi connectivity index (χ3n) is 8.33. The van der Waals surface area contributed by atoms with E-state index < -0.39 is 70.5 Å². The third-order valence-corrected chi connectivity index (χ3v) is 8.33. The molecular weight excluding hydrogens is 678 g/mol. The molecule has 3 aromatic rings. The second kappa shape index (κ2) is 15.1. The summed E-state index contributed by atoms with van der Waals surface area (Å²) in [5.41, 5.74) is -7.57. The lowest BCUT2D eigenvalue weighted by Gasteiger charge is -2.33. The van der Waals surface area contributed by atoms with Crippen molar-refractivity contribution >= 4 is 17.9 Å². The number of alkyl halides is 6. The van der Waals surface area contributed by atoms with Crippen molar-refractivity contribution in [1.29, 1.82) is 0 Å². The largest absolute Gasteiger partial charge is 0.492 e. The molecule has 0 spiro atoms. The highest BCUT2D eigenvalue weighted by atomic mass is 19.4. The Morgan fingerprint density at radius 3 is 1.80 bits per heavy atom. The van der Waals surface area contributed by atoms with Gasteiger partial charge in [0.15, 0.2) is 11.5 Å². The van der Waals surface area contributed by atoms with Gasteiger partial charge in [-0.1, -0.05) is 66.7 Å². The molecule has 9 nitrogen and oxygen atoms in total. The van der Waals surface area contributed by atoms with Crippen molar-refractivity contribution in [3.05, 3.63) is 95.1 Å². The van der Waals surface area contributed by atoms with E-state index in [9.17, 15) is 40.7 Å². The lowest BCUT2D eigenvalue weighted by molar-refractivity contribution is -0.278. The summed E-state index contributed by atoms with van der Waals surface area (Å²) in [5.74, 6) is -5.17. The average molecular weight is 713 g/mol. The van der Waals surface area contributed by atoms with Crippen molar-refractivity contribution in [1.82, 2.24) is 0 Å². The molecule has 0 fully saturated rings. The van der Waals surface area contributed by atoms with Crippen LogP contribution in [0.5, 0.6) is 11.5 Å². The molecule has 50 heavy (non-hydrogen) atoms. The normalized spacial score (nSPS) is 17.7. The second-order valence-corrected chi connectivity index (χ2v) is 11.4. The van der Waals surface area contributed by atoms with Crippen LogP contribution in [-0.2, 0) is 46.2 Å². The molecule has 0 aliphatic carbocycles. The number of fused-ring (bicyclic) bond motifs is 1. The van der Waals surface area contributed by atoms with E-state index in [2.05, 4.69) is 0 Å². The molecule has 15 heteroatoms. The van der Waals surface area contributed by atoms with Crippen LogP contribution in [0.1, 0.15) is 53.2 Å². The molecule has 0 aromatic heterocycles. The minimum atomic E-state index is -5.24. The maximum Gasteiger partial charge on any atom is 0.432 e. The molecule has 0 bridgehead atoms. The number of halogens is 6. The molecule has 0 unspecified atom stereocenters. The number of ether oxygens (including phenoxy) is 6. The fourth-order valence-corrected chi connectivity index (χ4v) is 5.84. The maximum atomic E-state index is 14.4. The number of carbonyl (C=O) groups is 3. The van der Waals surface area contributed by atoms with E-state index in [1.165, 1.54) is 55.5 Å². The van der Waals surface area contributed by atoms with Crippen LogP contribution < -0.4 is 9.47 Å². The van der Waals surface area contributed by atoms with E-state index in [1.807, 2.05) is 0 Å². The SMILES string of the molecule is COc1c(OC(=O)[C@@](OC)(c2ccccc2)C(F)(F)F)ccc2c1C(=O)O[C@H](CCC[C@H](C)OC(=O)[C@@](OC)(c1ccccc1)C(F)(F)F)C2. The summed E-state index contributed by atoms with van der Waals surface area (Å²) in [5, 5.41) is 0. The first-order chi connectivity index (χ1) is 23.6. The van der Waals surface area contributed by atoms with Crippen LogP contribution in [0.4, 0.5) is 26.3 Å². The van der Waals surface area contributed by atoms with Crippen molar-refractivity contribution in [2.75, 3.05) is 21.3 Å². The molecule has 0 saturated carbocycles. The van der Waals surface area contributed by atoms with Crippen LogP contribution in [0.3, 0.4) is 0 Å². The molecule has 0 radical (unpaired) electrons. The van der Waals surface area contributed by atoms with Gasteiger partial charge in [-0.25, -0.2) is 14.4 Å². The zero-order chi connectivity index (χ0) is 36.9. The predicted octanol–water partition coefficient (Wildman–Crippen LogP) is 6.99. The first-order valence-corrected chi connectivity index (χ1v) is 15.3. The molecule has 1 aliphatic heterocycles. The van der Waals surface area contributed by atoms with Gasteiger partial charge in [0.05, 0.1) is 13.2 Å². The smallest absolute Gasteiger partial charge is 0.432 e. The van der Waals surface area contributed by atoms with Gasteiger partial charge in [0.2, 0.25) is 0 Å². The van der Waals surface area contributed by atoms with Gasteiger partial charge in [0.25, 0.3) is 11.2 Å². The van der Waals surface area contributed by atoms with Crippen molar-refractivity contribution < 1.29 is 69.1 Å². The molecule has 1 heterocycles. The molecule has 0 N–H and O–H groups in total. The van der Waals surface area contributed by atoms with E-state index >= 15 is 0 Å². The number of benzene rings is 3. The van der Waals surface area contributed by atoms with Gasteiger partial charge in [-0.05, 0) is 37.8 Å². The molecule has 3 aromatic carbocycles. The Kier molecular flexibility index (Phi) is 11.5. The molecule has 270 valence electrons. The summed E-state index contributed by atoms with van der Waals surface area (Å²) in [6.45, 7) is 1.42. The monoisotopic (exact) mass is 712 g/mol. The first-order valence-electron chi connectivity index (χ1n) is 15.3. The van der Waals surface area contributed by atoms with E-state index in [0.29, 0.717) is 12.7 Å². The standard InChI is InChI=1S/C35H34F6O9/c1-21(48-30(43)32(46-3,34(36,37)38)23-13-7-5-8-14-23)12-11-17-25-20-22-18-19-26(28(45-2)27(22)29(42)49-25)50-31(44)33(47-4,35(39,40)41)24-15-9-6-10-16-24/h5-10,13-16,18-19,21,25H,11-12,17,20H2,1-4H3/t21-,25+,32-,33-/m0/s1. The topological polar surface area (TPSA) is 107 Å². The van der Waals surface area contributed by atoms with E-state index in [1.54, 1.807) is 0 Å². The Bertz CT molecular complexity index is 1660. The van der Waals surface area contributed by atoms with E-state index in [4.69, 9.17) is 28.4 Å². The van der Waals surface area contributed by atoms with E-state index in [-0.39, 0.29) is 37.0 Å². The maximum absolute atomic E-state index is 14.4. The molecule has 1 aliphatic rings. The highest BCUT2D eigenvalue weighted by Crippen LogP contribution is 2.46. The Morgan fingerprint density at radius 2 is 1.32 bits per heavy atom. The van der Waals surface area contributed by atoms with Crippen LogP contribution >= 0.6 is 0 Å². The summed E-state index contributed by atoms with van der Waals surface area (Å²) in [6, 6.07) is 15.1. The fraction of sp³-hybridized carbons (Fsp3) is 0.400. The first kappa shape index (κ1) is 38.2. The summed E-state index contributed by atoms with van der Waals surface area (Å²) in [4.78, 5) is 39.2. The number of hydrogen-bond donors (Lipinski definition) is 0. The molecule has 4 atom stereocenters. The average Bonchev–Trinajstić information content (AvgIpc) is 3.05. The number of methoxy groups -OCH3 is 3. The zero-order valence-electron chi connectivity index (χ0n) is 27.4. The van der Waals surface area contributed by atoms with Gasteiger partial charge in [-0.3, -0.25) is 0 Å². The summed E-state index contributed by atoms with van der Waals surface area (Å²) in [6.07, 6.45) is -11.3. The quantitative estimate of drug-likeness (QED) is 0.105. The second-order valence-electron chi connectivity index (χ2n) is 11.4. The van der Waals surface area contributed by atoms with Crippen molar-refractivity contribution in [3.63, 3.8) is 0 Å². The summed E-state index contributed by atoms with van der Waals surface area (Å²) >= 11 is 0. The summed E-state index contributed by atoms with van der Waals surface area (Å²) < 4.78 is 116. The van der Waals surface area contributed by atoms with Crippen LogP contribution in [0.15, 0.2) is 72.8 Å². The van der Waals surface area contributed by atoms with Gasteiger partial charge >= 0.3 is 30.3 Å². The van der Waals surface area contributed by atoms with Crippen LogP contribution in [0.25, 0.3) is 0 Å². The van der Waals surface area contributed by atoms with Crippen molar-refractivity contribution in [2.45, 2.75) is 68.4 Å². The van der Waals surface area contributed by atoms with Crippen LogP contribution in [0.2, 0.25) is 0 Å². The number of hydrogen-bond acceptors (Lipinski definition) is 9.